The molecular formula is C19H36N4O8. The molecule has 0 aliphatic carbocycles. The van der Waals surface area contributed by atoms with Gasteiger partial charge in [0.25, 0.3) is 0 Å². The van der Waals surface area contributed by atoms with Crippen LogP contribution in [0, 0.1) is 5.92 Å². The number of hydrogen-bond acceptors (Lipinski definition) is 8. The average molecular weight is 449 g/mol. The van der Waals surface area contributed by atoms with E-state index in [9.17, 15) is 24.3 Å². The minimum Gasteiger partial charge on any atom is -0.480 e. The van der Waals surface area contributed by atoms with Gasteiger partial charge in [-0.05, 0) is 39.5 Å². The number of nitrogens with two attached hydrogens (primary N) is 1. The molecule has 0 rings (SSSR count). The number of aliphatic carboxylic acids is 1. The summed E-state index contributed by atoms with van der Waals surface area (Å²) in [5.74, 6) is -2.74. The van der Waals surface area contributed by atoms with E-state index in [1.807, 2.05) is 13.8 Å². The predicted octanol–water partition coefficient (Wildman–Crippen LogP) is -0.970. The van der Waals surface area contributed by atoms with Crippen molar-refractivity contribution in [3.63, 3.8) is 0 Å². The van der Waals surface area contributed by atoms with Crippen molar-refractivity contribution in [3.05, 3.63) is 0 Å². The van der Waals surface area contributed by atoms with Crippen molar-refractivity contribution in [2.24, 2.45) is 11.7 Å². The van der Waals surface area contributed by atoms with E-state index in [1.54, 1.807) is 20.8 Å². The summed E-state index contributed by atoms with van der Waals surface area (Å²) in [6.45, 7) is 7.90. The number of primary amides is 1. The summed E-state index contributed by atoms with van der Waals surface area (Å²) in [6.07, 6.45) is -2.46. The molecule has 0 spiro atoms. The van der Waals surface area contributed by atoms with Gasteiger partial charge in [-0.15, -0.1) is 0 Å². The molecule has 0 bridgehead atoms. The molecule has 0 aromatic rings. The van der Waals surface area contributed by atoms with Crippen LogP contribution in [0.5, 0.6) is 0 Å². The second kappa shape index (κ2) is 13.1. The van der Waals surface area contributed by atoms with Crippen LogP contribution in [0.4, 0.5) is 4.79 Å². The van der Waals surface area contributed by atoms with E-state index in [2.05, 4.69) is 16.0 Å². The van der Waals surface area contributed by atoms with Crippen LogP contribution in [-0.4, -0.2) is 75.8 Å². The maximum Gasteiger partial charge on any atom is 0.408 e. The molecule has 0 aromatic carbocycles. The number of amides is 3. The number of carboxylic acid groups (broad SMARTS) is 1. The van der Waals surface area contributed by atoms with Gasteiger partial charge in [0.15, 0.2) is 0 Å². The third-order valence-corrected chi connectivity index (χ3v) is 3.98. The van der Waals surface area contributed by atoms with Gasteiger partial charge in [0, 0.05) is 6.42 Å². The third kappa shape index (κ3) is 12.8. The van der Waals surface area contributed by atoms with Crippen LogP contribution < -0.4 is 21.7 Å². The van der Waals surface area contributed by atoms with Gasteiger partial charge >= 0.3 is 12.1 Å². The quantitative estimate of drug-likeness (QED) is 0.173. The van der Waals surface area contributed by atoms with E-state index in [0.29, 0.717) is 0 Å². The molecule has 0 aliphatic heterocycles. The van der Waals surface area contributed by atoms with Crippen LogP contribution in [-0.2, 0) is 19.1 Å². The Hall–Kier alpha value is -2.44. The minimum atomic E-state index is -1.61. The molecule has 0 aliphatic rings. The molecule has 1 unspecified atom stereocenters. The average Bonchev–Trinajstić information content (AvgIpc) is 2.59. The number of ether oxygens (including phenoxy) is 1. The van der Waals surface area contributed by atoms with Crippen molar-refractivity contribution in [3.8, 4) is 0 Å². The van der Waals surface area contributed by atoms with Gasteiger partial charge in [-0.3, -0.25) is 19.7 Å². The van der Waals surface area contributed by atoms with Gasteiger partial charge in [0.2, 0.25) is 11.8 Å². The van der Waals surface area contributed by atoms with Gasteiger partial charge in [0.05, 0.1) is 12.6 Å². The lowest BCUT2D eigenvalue weighted by molar-refractivity contribution is -0.142. The number of carbonyl (C=O) groups excluding carboxylic acids is 3. The van der Waals surface area contributed by atoms with Crippen LogP contribution in [0.25, 0.3) is 0 Å². The summed E-state index contributed by atoms with van der Waals surface area (Å²) in [7, 11) is 0. The molecule has 0 aromatic heterocycles. The largest absolute Gasteiger partial charge is 0.480 e. The van der Waals surface area contributed by atoms with E-state index >= 15 is 0 Å². The van der Waals surface area contributed by atoms with E-state index in [1.165, 1.54) is 0 Å². The van der Waals surface area contributed by atoms with Gasteiger partial charge in [-0.25, -0.2) is 4.79 Å². The zero-order chi connectivity index (χ0) is 24.4. The summed E-state index contributed by atoms with van der Waals surface area (Å²) >= 11 is 0. The Morgan fingerprint density at radius 3 is 2.06 bits per heavy atom. The van der Waals surface area contributed by atoms with E-state index in [4.69, 9.17) is 20.7 Å². The Balaban J connectivity index is 5.41. The first-order valence-corrected chi connectivity index (χ1v) is 10.0. The number of hydrogen-bond donors (Lipinski definition) is 7. The Kier molecular flexibility index (Phi) is 12.0. The first-order valence-electron chi connectivity index (χ1n) is 10.0. The molecule has 180 valence electrons. The first-order chi connectivity index (χ1) is 14.2. The second-order valence-electron chi connectivity index (χ2n) is 8.63. The molecule has 0 saturated carbocycles. The molecular weight excluding hydrogens is 412 g/mol. The summed E-state index contributed by atoms with van der Waals surface area (Å²) in [6, 6.07) is -3.62. The molecule has 4 atom stereocenters. The highest BCUT2D eigenvalue weighted by molar-refractivity contribution is 5.86. The normalized spacial score (nSPS) is 15.5. The molecule has 12 nitrogen and oxygen atoms in total. The van der Waals surface area contributed by atoms with Crippen molar-refractivity contribution in [1.29, 1.82) is 0 Å². The lowest BCUT2D eigenvalue weighted by Crippen LogP contribution is -2.58. The first kappa shape index (κ1) is 28.6. The SMILES string of the molecule is CC(C)C[C@H](NC(=O)OC(C)(C)C)C(=O)N[C@H](CCC(N)=O)C(O)N[C@@H](CO)C(=O)O. The lowest BCUT2D eigenvalue weighted by Gasteiger charge is -2.29. The highest BCUT2D eigenvalue weighted by Gasteiger charge is 2.31. The number of aliphatic hydroxyl groups is 2. The number of aliphatic hydroxyl groups excluding tert-OH is 2. The fraction of sp³-hybridized carbons (Fsp3) is 0.789. The maximum atomic E-state index is 12.8. The molecule has 3 amide bonds. The monoisotopic (exact) mass is 448 g/mol. The fourth-order valence-corrected chi connectivity index (χ4v) is 2.57. The Bertz CT molecular complexity index is 621. The zero-order valence-corrected chi connectivity index (χ0v) is 18.7. The number of carboxylic acids is 1. The number of alkyl carbamates (subject to hydrolysis) is 1. The lowest BCUT2D eigenvalue weighted by atomic mass is 10.0. The second-order valence-corrected chi connectivity index (χ2v) is 8.63. The summed E-state index contributed by atoms with van der Waals surface area (Å²) in [5.41, 5.74) is 4.36. The number of rotatable bonds is 13. The molecule has 8 N–H and O–H groups in total. The molecule has 31 heavy (non-hydrogen) atoms. The van der Waals surface area contributed by atoms with Gasteiger partial charge in [0.1, 0.15) is 23.9 Å². The molecule has 0 saturated heterocycles. The van der Waals surface area contributed by atoms with Crippen LogP contribution in [0.15, 0.2) is 0 Å². The summed E-state index contributed by atoms with van der Waals surface area (Å²) < 4.78 is 5.18. The van der Waals surface area contributed by atoms with Crippen molar-refractivity contribution >= 4 is 23.9 Å². The van der Waals surface area contributed by atoms with E-state index in [0.717, 1.165) is 0 Å². The van der Waals surface area contributed by atoms with Gasteiger partial charge in [-0.2, -0.15) is 0 Å². The van der Waals surface area contributed by atoms with Crippen LogP contribution in [0.1, 0.15) is 53.9 Å². The smallest absolute Gasteiger partial charge is 0.408 e. The molecule has 12 heteroatoms. The summed E-state index contributed by atoms with van der Waals surface area (Å²) in [5, 5.41) is 35.8. The van der Waals surface area contributed by atoms with Crippen molar-refractivity contribution in [1.82, 2.24) is 16.0 Å². The minimum absolute atomic E-state index is 0.0172. The Labute approximate surface area is 181 Å². The molecule has 0 radical (unpaired) electrons. The molecule has 0 fully saturated rings. The fourth-order valence-electron chi connectivity index (χ4n) is 2.57. The maximum absolute atomic E-state index is 12.8. The third-order valence-electron chi connectivity index (χ3n) is 3.98. The molecule has 0 heterocycles. The summed E-state index contributed by atoms with van der Waals surface area (Å²) in [4.78, 5) is 47.2. The van der Waals surface area contributed by atoms with E-state index in [-0.39, 0.29) is 25.2 Å². The van der Waals surface area contributed by atoms with Crippen LogP contribution in [0.2, 0.25) is 0 Å². The van der Waals surface area contributed by atoms with Crippen molar-refractivity contribution in [2.75, 3.05) is 6.61 Å². The van der Waals surface area contributed by atoms with Crippen molar-refractivity contribution in [2.45, 2.75) is 83.8 Å². The van der Waals surface area contributed by atoms with E-state index < -0.39 is 60.4 Å². The zero-order valence-electron chi connectivity index (χ0n) is 18.7. The van der Waals surface area contributed by atoms with Crippen LogP contribution >= 0.6 is 0 Å². The topological polar surface area (TPSA) is 200 Å². The van der Waals surface area contributed by atoms with Crippen molar-refractivity contribution < 1.29 is 39.2 Å². The van der Waals surface area contributed by atoms with Gasteiger partial charge < -0.3 is 36.4 Å². The number of nitrogens with one attached hydrogen (secondary N) is 3. The standard InChI is InChI=1S/C19H36N4O8/c1-10(2)8-12(23-18(30)31-19(3,4)5)16(27)21-11(6-7-14(20)25)15(26)22-13(9-24)17(28)29/h10-13,15,22,24,26H,6-9H2,1-5H3,(H2,20,25)(H,21,27)(H,23,30)(H,28,29)/t11-,12+,13+,15?/m1/s1. The van der Waals surface area contributed by atoms with Gasteiger partial charge in [-0.1, -0.05) is 13.8 Å². The van der Waals surface area contributed by atoms with Crippen LogP contribution in [0.3, 0.4) is 0 Å². The highest BCUT2D eigenvalue weighted by atomic mass is 16.6. The predicted molar refractivity (Wildman–Crippen MR) is 111 cm³/mol. The number of carbonyl (C=O) groups is 4. The Morgan fingerprint density at radius 1 is 1.06 bits per heavy atom. The Morgan fingerprint density at radius 2 is 1.65 bits per heavy atom. The highest BCUT2D eigenvalue weighted by Crippen LogP contribution is 2.11.